The van der Waals surface area contributed by atoms with Gasteiger partial charge in [-0.1, -0.05) is 0 Å². The van der Waals surface area contributed by atoms with E-state index in [-0.39, 0.29) is 11.4 Å². The van der Waals surface area contributed by atoms with E-state index in [2.05, 4.69) is 9.97 Å². The molecule has 14 heavy (non-hydrogen) atoms. The van der Waals surface area contributed by atoms with E-state index in [0.717, 1.165) is 0 Å². The molecule has 4 nitrogen and oxygen atoms in total. The molecule has 1 N–H and O–H groups in total. The lowest BCUT2D eigenvalue weighted by molar-refractivity contribution is -0.140. The van der Waals surface area contributed by atoms with Crippen LogP contribution in [0.5, 0.6) is 0 Å². The monoisotopic (exact) mass is 196 g/mol. The van der Waals surface area contributed by atoms with Crippen molar-refractivity contribution in [3.8, 4) is 0 Å². The molecule has 1 aliphatic carbocycles. The van der Waals surface area contributed by atoms with Crippen molar-refractivity contribution in [1.29, 1.82) is 0 Å². The van der Waals surface area contributed by atoms with Crippen molar-refractivity contribution in [2.45, 2.75) is 25.2 Å². The lowest BCUT2D eigenvalue weighted by Crippen LogP contribution is -2.23. The maximum absolute atomic E-state index is 13.5. The van der Waals surface area contributed by atoms with Gasteiger partial charge in [-0.05, 0) is 19.8 Å². The van der Waals surface area contributed by atoms with Gasteiger partial charge < -0.3 is 5.11 Å². The second-order valence-corrected chi connectivity index (χ2v) is 3.51. The fourth-order valence-corrected chi connectivity index (χ4v) is 1.47. The molecule has 0 amide bonds. The molecule has 2 rings (SSSR count). The van der Waals surface area contributed by atoms with Crippen LogP contribution in [0.15, 0.2) is 6.33 Å². The summed E-state index contributed by atoms with van der Waals surface area (Å²) in [4.78, 5) is 18.3. The molecule has 0 aliphatic heterocycles. The number of halogens is 1. The van der Waals surface area contributed by atoms with Crippen LogP contribution < -0.4 is 0 Å². The summed E-state index contributed by atoms with van der Waals surface area (Å²) in [7, 11) is 0. The maximum atomic E-state index is 13.5. The Bertz CT molecular complexity index is 402. The van der Waals surface area contributed by atoms with Gasteiger partial charge in [0.05, 0.1) is 11.4 Å². The number of aryl methyl sites for hydroxylation is 1. The summed E-state index contributed by atoms with van der Waals surface area (Å²) in [5, 5.41) is 8.95. The van der Waals surface area contributed by atoms with Crippen LogP contribution in [-0.4, -0.2) is 21.0 Å². The maximum Gasteiger partial charge on any atom is 0.315 e. The Kier molecular flexibility index (Phi) is 1.77. The summed E-state index contributed by atoms with van der Waals surface area (Å²) < 4.78 is 13.5. The third-order valence-corrected chi connectivity index (χ3v) is 2.58. The summed E-state index contributed by atoms with van der Waals surface area (Å²) in [6, 6.07) is 0. The average molecular weight is 196 g/mol. The van der Waals surface area contributed by atoms with Crippen molar-refractivity contribution in [1.82, 2.24) is 9.97 Å². The van der Waals surface area contributed by atoms with Crippen LogP contribution in [0.25, 0.3) is 0 Å². The Hall–Kier alpha value is -1.52. The molecular formula is C9H9FN2O2. The average Bonchev–Trinajstić information content (AvgIpc) is 2.90. The predicted octanol–water partition coefficient (Wildman–Crippen LogP) is 1.04. The summed E-state index contributed by atoms with van der Waals surface area (Å²) in [6.07, 6.45) is 2.11. The second kappa shape index (κ2) is 2.73. The molecule has 0 aromatic carbocycles. The van der Waals surface area contributed by atoms with Crippen molar-refractivity contribution in [3.05, 3.63) is 23.5 Å². The molecule has 1 aliphatic rings. The van der Waals surface area contributed by atoms with Gasteiger partial charge in [0.1, 0.15) is 11.7 Å². The molecule has 0 unspecified atom stereocenters. The van der Waals surface area contributed by atoms with E-state index in [1.54, 1.807) is 0 Å². The smallest absolute Gasteiger partial charge is 0.315 e. The van der Waals surface area contributed by atoms with Crippen LogP contribution in [0.2, 0.25) is 0 Å². The molecular weight excluding hydrogens is 187 g/mol. The van der Waals surface area contributed by atoms with E-state index >= 15 is 0 Å². The molecule has 0 spiro atoms. The van der Waals surface area contributed by atoms with Gasteiger partial charge in [-0.3, -0.25) is 4.79 Å². The Morgan fingerprint density at radius 3 is 2.71 bits per heavy atom. The molecule has 0 radical (unpaired) electrons. The molecule has 1 aromatic rings. The number of nitrogens with zero attached hydrogens (tertiary/aromatic N) is 2. The second-order valence-electron chi connectivity index (χ2n) is 3.51. The third-order valence-electron chi connectivity index (χ3n) is 2.58. The van der Waals surface area contributed by atoms with Gasteiger partial charge in [-0.2, -0.15) is 0 Å². The molecule has 74 valence electrons. The van der Waals surface area contributed by atoms with Crippen molar-refractivity contribution in [2.24, 2.45) is 0 Å². The number of carboxylic acid groups (broad SMARTS) is 1. The van der Waals surface area contributed by atoms with Gasteiger partial charge in [0.15, 0.2) is 5.82 Å². The number of carbonyl (C=O) groups is 1. The number of rotatable bonds is 2. The Labute approximate surface area is 79.8 Å². The fourth-order valence-electron chi connectivity index (χ4n) is 1.47. The minimum atomic E-state index is -1.09. The van der Waals surface area contributed by atoms with Crippen molar-refractivity contribution in [3.63, 3.8) is 0 Å². The zero-order valence-electron chi connectivity index (χ0n) is 7.62. The molecule has 1 saturated carbocycles. The minimum Gasteiger partial charge on any atom is -0.481 e. The van der Waals surface area contributed by atoms with Crippen LogP contribution in [0, 0.1) is 12.7 Å². The molecule has 0 atom stereocenters. The Balaban J connectivity index is 2.52. The third kappa shape index (κ3) is 1.08. The fraction of sp³-hybridized carbons (Fsp3) is 0.444. The highest BCUT2D eigenvalue weighted by atomic mass is 19.1. The number of aromatic nitrogens is 2. The largest absolute Gasteiger partial charge is 0.481 e. The minimum absolute atomic E-state index is 0.0255. The van der Waals surface area contributed by atoms with Crippen molar-refractivity contribution in [2.75, 3.05) is 0 Å². The number of hydrogen-bond donors (Lipinski definition) is 1. The molecule has 1 heterocycles. The lowest BCUT2D eigenvalue weighted by atomic mass is 10.0. The van der Waals surface area contributed by atoms with Crippen LogP contribution in [-0.2, 0) is 10.2 Å². The van der Waals surface area contributed by atoms with Gasteiger partial charge in [-0.15, -0.1) is 0 Å². The van der Waals surface area contributed by atoms with Crippen molar-refractivity contribution >= 4 is 5.97 Å². The normalized spacial score (nSPS) is 17.9. The summed E-state index contributed by atoms with van der Waals surface area (Å²) in [5.74, 6) is -1.60. The van der Waals surface area contributed by atoms with Crippen molar-refractivity contribution < 1.29 is 14.3 Å². The summed E-state index contributed by atoms with van der Waals surface area (Å²) in [5.41, 5.74) is -0.863. The first kappa shape index (κ1) is 9.05. The van der Waals surface area contributed by atoms with Gasteiger partial charge in [0.2, 0.25) is 0 Å². The van der Waals surface area contributed by atoms with Crippen LogP contribution in [0.3, 0.4) is 0 Å². The van der Waals surface area contributed by atoms with Gasteiger partial charge in [0, 0.05) is 0 Å². The quantitative estimate of drug-likeness (QED) is 0.767. The van der Waals surface area contributed by atoms with Gasteiger partial charge >= 0.3 is 5.97 Å². The molecule has 0 bridgehead atoms. The SMILES string of the molecule is Cc1ncnc(C2(C(=O)O)CC2)c1F. The van der Waals surface area contributed by atoms with Crippen LogP contribution in [0.4, 0.5) is 4.39 Å². The van der Waals surface area contributed by atoms with E-state index in [9.17, 15) is 9.18 Å². The van der Waals surface area contributed by atoms with E-state index in [4.69, 9.17) is 5.11 Å². The summed E-state index contributed by atoms with van der Waals surface area (Å²) in [6.45, 7) is 1.50. The Morgan fingerprint density at radius 1 is 1.57 bits per heavy atom. The molecule has 5 heteroatoms. The first-order valence-corrected chi connectivity index (χ1v) is 4.29. The first-order valence-electron chi connectivity index (χ1n) is 4.29. The van der Waals surface area contributed by atoms with Gasteiger partial charge in [-0.25, -0.2) is 14.4 Å². The topological polar surface area (TPSA) is 63.1 Å². The highest BCUT2D eigenvalue weighted by Gasteiger charge is 2.55. The molecule has 1 fully saturated rings. The summed E-state index contributed by atoms with van der Waals surface area (Å²) >= 11 is 0. The van der Waals surface area contributed by atoms with E-state index < -0.39 is 17.2 Å². The molecule has 0 saturated heterocycles. The number of hydrogen-bond acceptors (Lipinski definition) is 3. The van der Waals surface area contributed by atoms with Crippen LogP contribution >= 0.6 is 0 Å². The zero-order chi connectivity index (χ0) is 10.3. The standard InChI is InChI=1S/C9H9FN2O2/c1-5-6(10)7(12-4-11-5)9(2-3-9)8(13)14/h4H,2-3H2,1H3,(H,13,14). The molecule has 1 aromatic heterocycles. The zero-order valence-corrected chi connectivity index (χ0v) is 7.62. The Morgan fingerprint density at radius 2 is 2.21 bits per heavy atom. The lowest BCUT2D eigenvalue weighted by Gasteiger charge is -2.10. The van der Waals surface area contributed by atoms with E-state index in [1.807, 2.05) is 0 Å². The van der Waals surface area contributed by atoms with Crippen LogP contribution in [0.1, 0.15) is 24.2 Å². The number of aliphatic carboxylic acids is 1. The predicted molar refractivity (Wildman–Crippen MR) is 45.3 cm³/mol. The highest BCUT2D eigenvalue weighted by Crippen LogP contribution is 2.48. The van der Waals surface area contributed by atoms with E-state index in [0.29, 0.717) is 12.8 Å². The van der Waals surface area contributed by atoms with Gasteiger partial charge in [0.25, 0.3) is 0 Å². The highest BCUT2D eigenvalue weighted by molar-refractivity contribution is 5.84. The van der Waals surface area contributed by atoms with E-state index in [1.165, 1.54) is 13.3 Å². The first-order chi connectivity index (χ1) is 6.58. The number of carboxylic acids is 1.